The van der Waals surface area contributed by atoms with E-state index < -0.39 is 30.7 Å². The van der Waals surface area contributed by atoms with Crippen LogP contribution < -0.4 is 15.1 Å². The number of alkyl halides is 3. The molecule has 10 nitrogen and oxygen atoms in total. The second-order valence-electron chi connectivity index (χ2n) is 9.70. The number of aromatic nitrogens is 1. The maximum Gasteiger partial charge on any atom is 0.416 e. The fourth-order valence-electron chi connectivity index (χ4n) is 4.75. The number of amides is 2. The molecular weight excluding hydrogens is 538 g/mol. The van der Waals surface area contributed by atoms with E-state index in [-0.39, 0.29) is 18.8 Å². The van der Waals surface area contributed by atoms with Crippen molar-refractivity contribution in [2.24, 2.45) is 0 Å². The first-order valence-electron chi connectivity index (χ1n) is 13.1. The number of rotatable bonds is 5. The number of urea groups is 1. The van der Waals surface area contributed by atoms with Crippen molar-refractivity contribution in [3.8, 4) is 17.0 Å². The number of halogens is 4. The van der Waals surface area contributed by atoms with Crippen molar-refractivity contribution in [3.05, 3.63) is 35.8 Å². The number of carbonyl (C=O) groups is 1. The van der Waals surface area contributed by atoms with Gasteiger partial charge in [0.05, 0.1) is 58.4 Å². The molecular formula is C26H31F4N5O5. The number of hydroxylamine groups is 2. The first kappa shape index (κ1) is 28.3. The van der Waals surface area contributed by atoms with Crippen LogP contribution in [0.25, 0.3) is 11.1 Å². The van der Waals surface area contributed by atoms with Gasteiger partial charge in [0.1, 0.15) is 11.5 Å². The summed E-state index contributed by atoms with van der Waals surface area (Å²) in [4.78, 5) is 26.5. The molecule has 1 N–H and O–H groups in total. The summed E-state index contributed by atoms with van der Waals surface area (Å²) in [6.45, 7) is 5.39. The maximum atomic E-state index is 14.9. The highest BCUT2D eigenvalue weighted by Crippen LogP contribution is 2.36. The van der Waals surface area contributed by atoms with E-state index in [2.05, 4.69) is 15.2 Å². The fraction of sp³-hybridized carbons (Fsp3) is 0.538. The fourth-order valence-corrected chi connectivity index (χ4v) is 4.75. The number of nitrogens with zero attached hydrogens (tertiary/aromatic N) is 4. The Balaban J connectivity index is 1.40. The van der Waals surface area contributed by atoms with Crippen LogP contribution in [-0.4, -0.2) is 106 Å². The van der Waals surface area contributed by atoms with E-state index in [9.17, 15) is 22.4 Å². The normalized spacial score (nSPS) is 20.9. The lowest BCUT2D eigenvalue weighted by Gasteiger charge is -2.33. The number of benzene rings is 1. The van der Waals surface area contributed by atoms with Crippen molar-refractivity contribution >= 4 is 17.4 Å². The summed E-state index contributed by atoms with van der Waals surface area (Å²) in [7, 11) is 0. The molecule has 0 spiro atoms. The molecule has 40 heavy (non-hydrogen) atoms. The van der Waals surface area contributed by atoms with Crippen LogP contribution in [0.5, 0.6) is 5.88 Å². The summed E-state index contributed by atoms with van der Waals surface area (Å²) in [5.74, 6) is -0.281. The zero-order valence-corrected chi connectivity index (χ0v) is 22.0. The number of pyridine rings is 1. The Morgan fingerprint density at radius 1 is 1.02 bits per heavy atom. The van der Waals surface area contributed by atoms with E-state index in [1.54, 1.807) is 18.2 Å². The van der Waals surface area contributed by atoms with Gasteiger partial charge < -0.3 is 34.2 Å². The number of nitrogens with one attached hydrogen (secondary N) is 1. The summed E-state index contributed by atoms with van der Waals surface area (Å²) >= 11 is 0. The van der Waals surface area contributed by atoms with Crippen molar-refractivity contribution in [2.75, 3.05) is 82.5 Å². The molecule has 218 valence electrons. The first-order chi connectivity index (χ1) is 19.2. The molecule has 3 aliphatic heterocycles. The third-order valence-corrected chi connectivity index (χ3v) is 6.96. The van der Waals surface area contributed by atoms with Crippen LogP contribution in [0.3, 0.4) is 0 Å². The molecule has 2 amide bonds. The third kappa shape index (κ3) is 6.57. The number of ether oxygens (including phenoxy) is 3. The van der Waals surface area contributed by atoms with Gasteiger partial charge in [-0.25, -0.2) is 14.2 Å². The highest BCUT2D eigenvalue weighted by Gasteiger charge is 2.44. The third-order valence-electron chi connectivity index (χ3n) is 6.96. The van der Waals surface area contributed by atoms with Gasteiger partial charge in [-0.1, -0.05) is 0 Å². The minimum absolute atomic E-state index is 0.0455. The largest absolute Gasteiger partial charge is 0.416 e. The van der Waals surface area contributed by atoms with Crippen molar-refractivity contribution in [3.63, 3.8) is 0 Å². The number of morpholine rings is 3. The lowest BCUT2D eigenvalue weighted by atomic mass is 10.00. The minimum Gasteiger partial charge on any atom is -0.383 e. The van der Waals surface area contributed by atoms with Crippen LogP contribution in [0.4, 0.5) is 33.7 Å². The molecule has 3 saturated heterocycles. The highest BCUT2D eigenvalue weighted by atomic mass is 19.4. The van der Waals surface area contributed by atoms with Gasteiger partial charge in [0, 0.05) is 31.4 Å². The van der Waals surface area contributed by atoms with Crippen molar-refractivity contribution < 1.29 is 41.4 Å². The monoisotopic (exact) mass is 569 g/mol. The highest BCUT2D eigenvalue weighted by molar-refractivity contribution is 5.91. The molecule has 0 unspecified atom stereocenters. The van der Waals surface area contributed by atoms with Gasteiger partial charge in [0.25, 0.3) is 5.88 Å². The Morgan fingerprint density at radius 2 is 1.73 bits per heavy atom. The number of hydrogen-bond acceptors (Lipinski definition) is 8. The van der Waals surface area contributed by atoms with E-state index >= 15 is 0 Å². The molecule has 1 aromatic heterocycles. The van der Waals surface area contributed by atoms with Crippen LogP contribution in [0.15, 0.2) is 24.4 Å². The van der Waals surface area contributed by atoms with Gasteiger partial charge in [0.2, 0.25) is 0 Å². The Labute approximate surface area is 228 Å². The molecule has 1 aromatic carbocycles. The van der Waals surface area contributed by atoms with Crippen LogP contribution in [0.2, 0.25) is 0 Å². The van der Waals surface area contributed by atoms with Crippen LogP contribution in [0, 0.1) is 12.7 Å². The Kier molecular flexibility index (Phi) is 8.59. The molecule has 5 rings (SSSR count). The number of hydrogen-bond donors (Lipinski definition) is 1. The van der Waals surface area contributed by atoms with Gasteiger partial charge in [0.15, 0.2) is 6.10 Å². The zero-order valence-electron chi connectivity index (χ0n) is 22.0. The average Bonchev–Trinajstić information content (AvgIpc) is 2.95. The van der Waals surface area contributed by atoms with Crippen molar-refractivity contribution in [1.29, 1.82) is 0 Å². The molecule has 14 heteroatoms. The lowest BCUT2D eigenvalue weighted by molar-refractivity contribution is -0.233. The number of carbonyl (C=O) groups excluding carboxylic acids is 1. The summed E-state index contributed by atoms with van der Waals surface area (Å²) in [5, 5.41) is 4.22. The predicted octanol–water partition coefficient (Wildman–Crippen LogP) is 3.45. The predicted molar refractivity (Wildman–Crippen MR) is 137 cm³/mol. The second-order valence-corrected chi connectivity index (χ2v) is 9.70. The summed E-state index contributed by atoms with van der Waals surface area (Å²) in [6, 6.07) is 3.80. The van der Waals surface area contributed by atoms with E-state index in [1.807, 2.05) is 6.07 Å². The molecule has 1 atom stereocenters. The Bertz CT molecular complexity index is 1200. The summed E-state index contributed by atoms with van der Waals surface area (Å²) < 4.78 is 69.9. The van der Waals surface area contributed by atoms with Gasteiger partial charge in [-0.3, -0.25) is 0 Å². The number of aryl methyl sites for hydroxylation is 1. The first-order valence-corrected chi connectivity index (χ1v) is 13.1. The smallest absolute Gasteiger partial charge is 0.383 e. The molecule has 2 aromatic rings. The Morgan fingerprint density at radius 3 is 2.42 bits per heavy atom. The molecule has 0 radical (unpaired) electrons. The van der Waals surface area contributed by atoms with Crippen molar-refractivity contribution in [1.82, 2.24) is 14.9 Å². The second kappa shape index (κ2) is 12.1. The minimum atomic E-state index is -4.61. The Hall–Kier alpha value is -3.20. The van der Waals surface area contributed by atoms with Gasteiger partial charge in [-0.15, -0.1) is 5.06 Å². The SMILES string of the molecule is Cc1cc(F)c(NC(=O)N2CCO[C@H](C(F)(F)F)C2)cc1-c1cnc(ON2CCOCC2)c(N2CCOCC2)c1. The van der Waals surface area contributed by atoms with Crippen molar-refractivity contribution in [2.45, 2.75) is 19.2 Å². The zero-order chi connectivity index (χ0) is 28.3. The topological polar surface area (TPSA) is 88.6 Å². The van der Waals surface area contributed by atoms with Crippen LogP contribution in [0.1, 0.15) is 5.56 Å². The maximum absolute atomic E-state index is 14.9. The van der Waals surface area contributed by atoms with Gasteiger partial charge in [-0.2, -0.15) is 13.2 Å². The van der Waals surface area contributed by atoms with E-state index in [0.717, 1.165) is 10.6 Å². The molecule has 0 aliphatic carbocycles. The van der Waals surface area contributed by atoms with E-state index in [1.165, 1.54) is 12.1 Å². The molecule has 0 bridgehead atoms. The summed E-state index contributed by atoms with van der Waals surface area (Å²) in [6.07, 6.45) is -5.08. The lowest BCUT2D eigenvalue weighted by Crippen LogP contribution is -2.52. The standard InChI is InChI=1S/C26H31F4N5O5/c1-17-12-20(27)21(32-25(36)34-4-11-39-23(16-34)26(28,29)30)14-19(17)18-13-22(33-2-7-37-8-3-33)24(31-15-18)40-35-5-9-38-10-6-35/h12-15,23H,2-11,16H2,1H3,(H,32,36)/t23-/m0/s1. The van der Waals surface area contributed by atoms with Gasteiger partial charge in [-0.05, 0) is 36.2 Å². The quantitative estimate of drug-likeness (QED) is 0.548. The summed E-state index contributed by atoms with van der Waals surface area (Å²) in [5.41, 5.74) is 2.45. The molecule has 4 heterocycles. The molecule has 3 aliphatic rings. The molecule has 3 fully saturated rings. The number of anilines is 2. The molecule has 0 saturated carbocycles. The van der Waals surface area contributed by atoms with Crippen LogP contribution in [-0.2, 0) is 14.2 Å². The van der Waals surface area contributed by atoms with E-state index in [4.69, 9.17) is 19.0 Å². The van der Waals surface area contributed by atoms with E-state index in [0.29, 0.717) is 75.2 Å². The van der Waals surface area contributed by atoms with Crippen LogP contribution >= 0.6 is 0 Å². The average molecular weight is 570 g/mol. The van der Waals surface area contributed by atoms with Gasteiger partial charge >= 0.3 is 12.2 Å².